The summed E-state index contributed by atoms with van der Waals surface area (Å²) < 4.78 is 5.78. The Morgan fingerprint density at radius 1 is 1.33 bits per heavy atom. The standard InChI is InChI=1S/C19H21N3O4S/c23-17(16-10-20-12-27-16)21-11-19(25)5-7-22(8-6-19)18(24)15-9-13-3-1-2-4-14(13)26-15/h1-4,10,12,15,25H,5-9,11H2,(H,21,23). The summed E-state index contributed by atoms with van der Waals surface area (Å²) in [7, 11) is 0. The van der Waals surface area contributed by atoms with Crippen LogP contribution >= 0.6 is 11.3 Å². The molecule has 1 atom stereocenters. The van der Waals surface area contributed by atoms with Gasteiger partial charge in [-0.05, 0) is 24.5 Å². The van der Waals surface area contributed by atoms with Gasteiger partial charge in [-0.3, -0.25) is 14.6 Å². The summed E-state index contributed by atoms with van der Waals surface area (Å²) >= 11 is 1.26. The van der Waals surface area contributed by atoms with Gasteiger partial charge < -0.3 is 20.1 Å². The monoisotopic (exact) mass is 387 g/mol. The van der Waals surface area contributed by atoms with Crippen molar-refractivity contribution in [2.24, 2.45) is 0 Å². The van der Waals surface area contributed by atoms with Gasteiger partial charge in [0.25, 0.3) is 11.8 Å². The van der Waals surface area contributed by atoms with Crippen LogP contribution in [0.1, 0.15) is 28.1 Å². The Balaban J connectivity index is 1.28. The highest BCUT2D eigenvalue weighted by Crippen LogP contribution is 2.30. The summed E-state index contributed by atoms with van der Waals surface area (Å²) in [5.74, 6) is 0.499. The van der Waals surface area contributed by atoms with Gasteiger partial charge in [-0.25, -0.2) is 0 Å². The first-order chi connectivity index (χ1) is 13.0. The van der Waals surface area contributed by atoms with Crippen molar-refractivity contribution in [1.82, 2.24) is 15.2 Å². The first kappa shape index (κ1) is 17.9. The number of benzene rings is 1. The normalized spacial score (nSPS) is 20.6. The lowest BCUT2D eigenvalue weighted by Crippen LogP contribution is -2.54. The van der Waals surface area contributed by atoms with Gasteiger partial charge in [0.1, 0.15) is 10.6 Å². The lowest BCUT2D eigenvalue weighted by molar-refractivity contribution is -0.142. The van der Waals surface area contributed by atoms with Crippen LogP contribution in [0, 0.1) is 0 Å². The maximum atomic E-state index is 12.7. The lowest BCUT2D eigenvalue weighted by Gasteiger charge is -2.38. The molecule has 1 fully saturated rings. The molecule has 8 heteroatoms. The average molecular weight is 387 g/mol. The van der Waals surface area contributed by atoms with Crippen molar-refractivity contribution < 1.29 is 19.4 Å². The fourth-order valence-electron chi connectivity index (χ4n) is 3.50. The fourth-order valence-corrected chi connectivity index (χ4v) is 4.04. The number of likely N-dealkylation sites (tertiary alicyclic amines) is 1. The molecule has 27 heavy (non-hydrogen) atoms. The second-order valence-corrected chi connectivity index (χ2v) is 7.90. The van der Waals surface area contributed by atoms with E-state index in [1.807, 2.05) is 24.3 Å². The molecular formula is C19H21N3O4S. The van der Waals surface area contributed by atoms with Gasteiger partial charge in [-0.2, -0.15) is 0 Å². The summed E-state index contributed by atoms with van der Waals surface area (Å²) in [6, 6.07) is 7.69. The maximum Gasteiger partial charge on any atom is 0.263 e. The minimum Gasteiger partial charge on any atom is -0.480 e. The number of hydrogen-bond donors (Lipinski definition) is 2. The SMILES string of the molecule is O=C(NCC1(O)CCN(C(=O)C2Cc3ccccc3O2)CC1)c1cncs1. The minimum absolute atomic E-state index is 0.0399. The molecule has 0 saturated carbocycles. The molecule has 1 saturated heterocycles. The number of ether oxygens (including phenoxy) is 1. The molecule has 1 aromatic heterocycles. The molecule has 7 nitrogen and oxygen atoms in total. The Labute approximate surface area is 161 Å². The average Bonchev–Trinajstić information content (AvgIpc) is 3.36. The van der Waals surface area contributed by atoms with E-state index in [4.69, 9.17) is 4.74 Å². The Bertz CT molecular complexity index is 806. The number of nitrogens with zero attached hydrogens (tertiary/aromatic N) is 2. The van der Waals surface area contributed by atoms with Gasteiger partial charge in [0.2, 0.25) is 0 Å². The largest absolute Gasteiger partial charge is 0.480 e. The molecular weight excluding hydrogens is 366 g/mol. The molecule has 142 valence electrons. The summed E-state index contributed by atoms with van der Waals surface area (Å²) in [6.07, 6.45) is 2.44. The van der Waals surface area contributed by atoms with Crippen LogP contribution in [0.3, 0.4) is 0 Å². The van der Waals surface area contributed by atoms with E-state index in [9.17, 15) is 14.7 Å². The van der Waals surface area contributed by atoms with Crippen molar-refractivity contribution >= 4 is 23.2 Å². The zero-order valence-corrected chi connectivity index (χ0v) is 15.6. The predicted octanol–water partition coefficient (Wildman–Crippen LogP) is 1.23. The Morgan fingerprint density at radius 2 is 2.11 bits per heavy atom. The van der Waals surface area contributed by atoms with E-state index in [2.05, 4.69) is 10.3 Å². The quantitative estimate of drug-likeness (QED) is 0.823. The number of carbonyl (C=O) groups excluding carboxylic acids is 2. The molecule has 1 aromatic carbocycles. The molecule has 2 N–H and O–H groups in total. The van der Waals surface area contributed by atoms with Gasteiger partial charge in [0.15, 0.2) is 6.10 Å². The number of nitrogens with one attached hydrogen (secondary N) is 1. The molecule has 4 rings (SSSR count). The molecule has 2 aromatic rings. The molecule has 0 bridgehead atoms. The topological polar surface area (TPSA) is 91.8 Å². The number of fused-ring (bicyclic) bond motifs is 1. The summed E-state index contributed by atoms with van der Waals surface area (Å²) in [6.45, 7) is 1.06. The predicted molar refractivity (Wildman–Crippen MR) is 99.8 cm³/mol. The van der Waals surface area contributed by atoms with E-state index >= 15 is 0 Å². The van der Waals surface area contributed by atoms with Gasteiger partial charge in [0, 0.05) is 26.1 Å². The van der Waals surface area contributed by atoms with E-state index in [0.29, 0.717) is 37.2 Å². The summed E-state index contributed by atoms with van der Waals surface area (Å²) in [5, 5.41) is 13.5. The van der Waals surface area contributed by atoms with Crippen LogP contribution in [0.2, 0.25) is 0 Å². The first-order valence-corrected chi connectivity index (χ1v) is 9.84. The van der Waals surface area contributed by atoms with Gasteiger partial charge in [-0.15, -0.1) is 11.3 Å². The zero-order chi connectivity index (χ0) is 18.9. The van der Waals surface area contributed by atoms with Gasteiger partial charge in [-0.1, -0.05) is 18.2 Å². The number of para-hydroxylation sites is 1. The van der Waals surface area contributed by atoms with Crippen LogP contribution in [0.4, 0.5) is 0 Å². The smallest absolute Gasteiger partial charge is 0.263 e. The molecule has 2 amide bonds. The number of thiazole rings is 1. The fraction of sp³-hybridized carbons (Fsp3) is 0.421. The van der Waals surface area contributed by atoms with Crippen LogP contribution in [0.25, 0.3) is 0 Å². The van der Waals surface area contributed by atoms with E-state index in [1.54, 1.807) is 10.4 Å². The van der Waals surface area contributed by atoms with Crippen molar-refractivity contribution in [3.05, 3.63) is 46.4 Å². The third-order valence-electron chi connectivity index (χ3n) is 5.16. The van der Waals surface area contributed by atoms with E-state index < -0.39 is 11.7 Å². The molecule has 3 heterocycles. The minimum atomic E-state index is -1.00. The number of rotatable bonds is 4. The van der Waals surface area contributed by atoms with E-state index in [1.165, 1.54) is 17.5 Å². The second kappa shape index (κ2) is 7.28. The van der Waals surface area contributed by atoms with Crippen LogP contribution in [0.15, 0.2) is 36.0 Å². The first-order valence-electron chi connectivity index (χ1n) is 8.96. The third kappa shape index (κ3) is 3.81. The zero-order valence-electron chi connectivity index (χ0n) is 14.8. The van der Waals surface area contributed by atoms with E-state index in [-0.39, 0.29) is 18.4 Å². The highest BCUT2D eigenvalue weighted by molar-refractivity contribution is 7.11. The number of piperidine rings is 1. The van der Waals surface area contributed by atoms with Crippen LogP contribution < -0.4 is 10.1 Å². The van der Waals surface area contributed by atoms with Crippen molar-refractivity contribution in [3.63, 3.8) is 0 Å². The number of carbonyl (C=O) groups is 2. The number of aliphatic hydroxyl groups is 1. The summed E-state index contributed by atoms with van der Waals surface area (Å²) in [5.41, 5.74) is 1.64. The molecule has 0 spiro atoms. The number of amides is 2. The highest BCUT2D eigenvalue weighted by Gasteiger charge is 2.38. The molecule has 2 aliphatic heterocycles. The summed E-state index contributed by atoms with van der Waals surface area (Å²) in [4.78, 5) is 30.9. The van der Waals surface area contributed by atoms with Crippen LogP contribution in [-0.4, -0.2) is 58.1 Å². The van der Waals surface area contributed by atoms with Crippen molar-refractivity contribution in [2.75, 3.05) is 19.6 Å². The van der Waals surface area contributed by atoms with Crippen molar-refractivity contribution in [3.8, 4) is 5.75 Å². The Kier molecular flexibility index (Phi) is 4.84. The molecule has 0 radical (unpaired) electrons. The maximum absolute atomic E-state index is 12.7. The third-order valence-corrected chi connectivity index (χ3v) is 5.93. The number of hydrogen-bond acceptors (Lipinski definition) is 6. The van der Waals surface area contributed by atoms with Gasteiger partial charge >= 0.3 is 0 Å². The van der Waals surface area contributed by atoms with Crippen molar-refractivity contribution in [2.45, 2.75) is 31.0 Å². The van der Waals surface area contributed by atoms with Crippen LogP contribution in [-0.2, 0) is 11.2 Å². The lowest BCUT2D eigenvalue weighted by atomic mass is 9.91. The Morgan fingerprint density at radius 3 is 2.81 bits per heavy atom. The molecule has 1 unspecified atom stereocenters. The van der Waals surface area contributed by atoms with Crippen molar-refractivity contribution in [1.29, 1.82) is 0 Å². The van der Waals surface area contributed by atoms with E-state index in [0.717, 1.165) is 11.3 Å². The number of aromatic nitrogens is 1. The van der Waals surface area contributed by atoms with Crippen LogP contribution in [0.5, 0.6) is 5.75 Å². The van der Waals surface area contributed by atoms with Gasteiger partial charge in [0.05, 0.1) is 17.3 Å². The Hall–Kier alpha value is -2.45. The second-order valence-electron chi connectivity index (χ2n) is 7.02. The highest BCUT2D eigenvalue weighted by atomic mass is 32.1. The molecule has 0 aliphatic carbocycles. The molecule has 2 aliphatic rings.